The number of fused-ring (bicyclic) bond motifs is 1. The quantitative estimate of drug-likeness (QED) is 0.759. The second-order valence-electron chi connectivity index (χ2n) is 4.94. The lowest BCUT2D eigenvalue weighted by Crippen LogP contribution is -2.03. The molecule has 1 heterocycles. The topological polar surface area (TPSA) is 48.6 Å². The zero-order chi connectivity index (χ0) is 12.7. The van der Waals surface area contributed by atoms with Crippen molar-refractivity contribution in [2.75, 3.05) is 0 Å². The summed E-state index contributed by atoms with van der Waals surface area (Å²) in [5.74, 6) is 0.699. The third kappa shape index (κ3) is 2.18. The van der Waals surface area contributed by atoms with E-state index in [1.807, 2.05) is 6.07 Å². The van der Waals surface area contributed by atoms with Crippen LogP contribution in [0.3, 0.4) is 0 Å². The first-order valence-electron chi connectivity index (χ1n) is 6.20. The monoisotopic (exact) mass is 372 g/mol. The molecule has 0 amide bonds. The average Bonchev–Trinajstić information content (AvgIpc) is 2.94. The fourth-order valence-electron chi connectivity index (χ4n) is 2.79. The van der Waals surface area contributed by atoms with E-state index < -0.39 is 0 Å². The Kier molecular flexibility index (Phi) is 3.36. The number of imidazole rings is 1. The number of aromatic nitrogens is 2. The minimum Gasteiger partial charge on any atom is -0.306 e. The molecule has 1 aromatic heterocycles. The van der Waals surface area contributed by atoms with Gasteiger partial charge in [0.25, 0.3) is 0 Å². The van der Waals surface area contributed by atoms with Crippen molar-refractivity contribution < 1.29 is 0 Å². The predicted molar refractivity (Wildman–Crippen MR) is 80.2 cm³/mol. The average molecular weight is 374 g/mol. The smallest absolute Gasteiger partial charge is 0.306 e. The van der Waals surface area contributed by atoms with Crippen LogP contribution >= 0.6 is 31.9 Å². The van der Waals surface area contributed by atoms with Gasteiger partial charge in [0.2, 0.25) is 0 Å². The van der Waals surface area contributed by atoms with Crippen LogP contribution in [0, 0.1) is 5.92 Å². The highest BCUT2D eigenvalue weighted by Crippen LogP contribution is 2.44. The summed E-state index contributed by atoms with van der Waals surface area (Å²) in [4.78, 5) is 17.3. The molecule has 1 unspecified atom stereocenters. The van der Waals surface area contributed by atoms with E-state index in [9.17, 15) is 4.79 Å². The van der Waals surface area contributed by atoms with Gasteiger partial charge in [0.1, 0.15) is 0 Å². The van der Waals surface area contributed by atoms with Crippen LogP contribution < -0.4 is 5.69 Å². The van der Waals surface area contributed by atoms with Crippen LogP contribution in [0.1, 0.15) is 36.1 Å². The molecule has 0 bridgehead atoms. The molecule has 1 aliphatic carbocycles. The minimum absolute atomic E-state index is 0.152. The number of H-pyrrole nitrogens is 2. The molecule has 18 heavy (non-hydrogen) atoms. The van der Waals surface area contributed by atoms with E-state index in [2.05, 4.69) is 47.9 Å². The van der Waals surface area contributed by atoms with E-state index in [0.29, 0.717) is 10.7 Å². The Morgan fingerprint density at radius 1 is 1.17 bits per heavy atom. The van der Waals surface area contributed by atoms with Gasteiger partial charge >= 0.3 is 5.69 Å². The maximum Gasteiger partial charge on any atom is 0.323 e. The molecule has 1 aliphatic rings. The van der Waals surface area contributed by atoms with Crippen molar-refractivity contribution >= 4 is 42.9 Å². The molecular formula is C13H14Br2N2O. The van der Waals surface area contributed by atoms with Crippen LogP contribution in [0.4, 0.5) is 0 Å². The molecule has 0 radical (unpaired) electrons. The van der Waals surface area contributed by atoms with Gasteiger partial charge in [-0.15, -0.1) is 0 Å². The van der Waals surface area contributed by atoms with Crippen molar-refractivity contribution in [3.05, 3.63) is 32.7 Å². The van der Waals surface area contributed by atoms with Crippen molar-refractivity contribution in [1.82, 2.24) is 9.97 Å². The summed E-state index contributed by atoms with van der Waals surface area (Å²) in [5, 5.41) is 0. The molecule has 5 heteroatoms. The number of hydrogen-bond acceptors (Lipinski definition) is 1. The standard InChI is InChI=1S/C13H14Br2N2O/c14-9-6-11-10(16-13(18)17-11)5-8(9)12(15)7-3-1-2-4-7/h5-7,12H,1-4H2,(H2,16,17,18). The molecule has 2 aromatic rings. The van der Waals surface area contributed by atoms with Gasteiger partial charge in [0.05, 0.1) is 11.0 Å². The van der Waals surface area contributed by atoms with Gasteiger partial charge in [-0.05, 0) is 36.5 Å². The summed E-state index contributed by atoms with van der Waals surface area (Å²) in [5.41, 5.74) is 2.80. The maximum atomic E-state index is 11.3. The van der Waals surface area contributed by atoms with Gasteiger partial charge in [0.15, 0.2) is 0 Å². The molecule has 0 saturated heterocycles. The third-order valence-corrected chi connectivity index (χ3v) is 5.67. The number of aromatic amines is 2. The third-order valence-electron chi connectivity index (χ3n) is 3.74. The molecule has 1 saturated carbocycles. The van der Waals surface area contributed by atoms with E-state index >= 15 is 0 Å². The van der Waals surface area contributed by atoms with E-state index in [1.165, 1.54) is 31.2 Å². The van der Waals surface area contributed by atoms with Crippen LogP contribution in [-0.2, 0) is 0 Å². The molecular weight excluding hydrogens is 360 g/mol. The van der Waals surface area contributed by atoms with Crippen LogP contribution in [0.15, 0.2) is 21.4 Å². The molecule has 3 nitrogen and oxygen atoms in total. The van der Waals surface area contributed by atoms with E-state index in [0.717, 1.165) is 15.5 Å². The molecule has 0 aliphatic heterocycles. The molecule has 96 valence electrons. The number of nitrogens with one attached hydrogen (secondary N) is 2. The van der Waals surface area contributed by atoms with E-state index in [-0.39, 0.29) is 5.69 Å². The zero-order valence-electron chi connectivity index (χ0n) is 9.80. The predicted octanol–water partition coefficient (Wildman–Crippen LogP) is 4.24. The first kappa shape index (κ1) is 12.5. The van der Waals surface area contributed by atoms with E-state index in [4.69, 9.17) is 0 Å². The summed E-state index contributed by atoms with van der Waals surface area (Å²) >= 11 is 7.43. The zero-order valence-corrected chi connectivity index (χ0v) is 13.0. The highest BCUT2D eigenvalue weighted by Gasteiger charge is 2.26. The number of rotatable bonds is 2. The molecule has 1 fully saturated rings. The second kappa shape index (κ2) is 4.85. The van der Waals surface area contributed by atoms with E-state index in [1.54, 1.807) is 0 Å². The minimum atomic E-state index is -0.152. The van der Waals surface area contributed by atoms with Crippen molar-refractivity contribution in [3.8, 4) is 0 Å². The van der Waals surface area contributed by atoms with Gasteiger partial charge in [-0.1, -0.05) is 44.7 Å². The van der Waals surface area contributed by atoms with Crippen LogP contribution in [-0.4, -0.2) is 9.97 Å². The van der Waals surface area contributed by atoms with Crippen LogP contribution in [0.5, 0.6) is 0 Å². The summed E-state index contributed by atoms with van der Waals surface area (Å²) in [6.45, 7) is 0. The lowest BCUT2D eigenvalue weighted by molar-refractivity contribution is 0.541. The highest BCUT2D eigenvalue weighted by molar-refractivity contribution is 9.11. The van der Waals surface area contributed by atoms with Crippen LogP contribution in [0.25, 0.3) is 11.0 Å². The Morgan fingerprint density at radius 3 is 2.44 bits per heavy atom. The van der Waals surface area contributed by atoms with Gasteiger partial charge in [-0.2, -0.15) is 0 Å². The number of hydrogen-bond donors (Lipinski definition) is 2. The van der Waals surface area contributed by atoms with Gasteiger partial charge in [0, 0.05) is 9.30 Å². The Balaban J connectivity index is 2.04. The molecule has 0 spiro atoms. The number of alkyl halides is 1. The Morgan fingerprint density at radius 2 is 1.78 bits per heavy atom. The fraction of sp³-hybridized carbons (Fsp3) is 0.462. The van der Waals surface area contributed by atoms with Gasteiger partial charge < -0.3 is 9.97 Å². The SMILES string of the molecule is O=c1[nH]c2cc(Br)c(C(Br)C3CCCC3)cc2[nH]1. The first-order valence-corrected chi connectivity index (χ1v) is 7.91. The summed E-state index contributed by atoms with van der Waals surface area (Å²) in [7, 11) is 0. The first-order chi connectivity index (χ1) is 8.65. The Labute approximate surface area is 122 Å². The highest BCUT2D eigenvalue weighted by atomic mass is 79.9. The normalized spacial score (nSPS) is 18.6. The number of benzene rings is 1. The van der Waals surface area contributed by atoms with Crippen molar-refractivity contribution in [2.24, 2.45) is 5.92 Å². The Bertz CT molecular complexity index is 625. The molecule has 1 aromatic carbocycles. The summed E-state index contributed by atoms with van der Waals surface area (Å²) in [6, 6.07) is 4.04. The molecule has 2 N–H and O–H groups in total. The molecule has 1 atom stereocenters. The van der Waals surface area contributed by atoms with Gasteiger partial charge in [-0.3, -0.25) is 0 Å². The largest absolute Gasteiger partial charge is 0.323 e. The summed E-state index contributed by atoms with van der Waals surface area (Å²) in [6.07, 6.45) is 5.22. The second-order valence-corrected chi connectivity index (χ2v) is 6.79. The Hall–Kier alpha value is -0.550. The fourth-order valence-corrected chi connectivity index (χ4v) is 4.59. The van der Waals surface area contributed by atoms with Crippen molar-refractivity contribution in [2.45, 2.75) is 30.5 Å². The van der Waals surface area contributed by atoms with Crippen molar-refractivity contribution in [1.29, 1.82) is 0 Å². The van der Waals surface area contributed by atoms with Crippen molar-refractivity contribution in [3.63, 3.8) is 0 Å². The number of halogens is 2. The lowest BCUT2D eigenvalue weighted by Gasteiger charge is -2.18. The summed E-state index contributed by atoms with van der Waals surface area (Å²) < 4.78 is 1.05. The molecule has 3 rings (SSSR count). The maximum absolute atomic E-state index is 11.3. The lowest BCUT2D eigenvalue weighted by atomic mass is 9.97. The van der Waals surface area contributed by atoms with Gasteiger partial charge in [-0.25, -0.2) is 4.79 Å². The van der Waals surface area contributed by atoms with Crippen LogP contribution in [0.2, 0.25) is 0 Å².